The van der Waals surface area contributed by atoms with Crippen molar-refractivity contribution in [2.24, 2.45) is 0 Å². The number of hydrogen-bond acceptors (Lipinski definition) is 2. The van der Waals surface area contributed by atoms with Crippen molar-refractivity contribution in [3.05, 3.63) is 64.2 Å². The van der Waals surface area contributed by atoms with Gasteiger partial charge in [0.05, 0.1) is 0 Å². The molecule has 0 spiro atoms. The highest BCUT2D eigenvalue weighted by Gasteiger charge is 2.15. The second kappa shape index (κ2) is 4.65. The van der Waals surface area contributed by atoms with E-state index in [1.807, 2.05) is 32.9 Å². The first-order valence-electron chi connectivity index (χ1n) is 5.90. The lowest BCUT2D eigenvalue weighted by atomic mass is 9.93. The molecule has 92 valence electrons. The maximum absolute atomic E-state index is 12.4. The first-order valence-corrected chi connectivity index (χ1v) is 5.90. The Balaban J connectivity index is 2.53. The van der Waals surface area contributed by atoms with E-state index in [2.05, 4.69) is 0 Å². The molecule has 2 aromatic carbocycles. The van der Waals surface area contributed by atoms with Crippen molar-refractivity contribution in [1.29, 1.82) is 0 Å². The maximum Gasteiger partial charge on any atom is 0.193 e. The van der Waals surface area contributed by atoms with Crippen LogP contribution in [-0.2, 0) is 0 Å². The van der Waals surface area contributed by atoms with Crippen LogP contribution in [0.3, 0.4) is 0 Å². The molecule has 2 heteroatoms. The number of aryl methyl sites for hydroxylation is 3. The van der Waals surface area contributed by atoms with Crippen molar-refractivity contribution in [2.75, 3.05) is 0 Å². The molecule has 0 aromatic heterocycles. The van der Waals surface area contributed by atoms with Gasteiger partial charge in [-0.2, -0.15) is 0 Å². The Hall–Kier alpha value is -2.09. The lowest BCUT2D eigenvalue weighted by Gasteiger charge is -2.10. The third kappa shape index (κ3) is 2.28. The highest BCUT2D eigenvalue weighted by molar-refractivity contribution is 6.11. The summed E-state index contributed by atoms with van der Waals surface area (Å²) in [7, 11) is 0. The van der Waals surface area contributed by atoms with Gasteiger partial charge in [-0.3, -0.25) is 4.79 Å². The van der Waals surface area contributed by atoms with Gasteiger partial charge in [0.2, 0.25) is 0 Å². The quantitative estimate of drug-likeness (QED) is 0.815. The Bertz CT molecular complexity index is 589. The number of phenolic OH excluding ortho intramolecular Hbond substituents is 1. The van der Waals surface area contributed by atoms with Crippen LogP contribution in [0.15, 0.2) is 36.4 Å². The largest absolute Gasteiger partial charge is 0.508 e. The number of phenols is 1. The molecular formula is C16H16O2. The first kappa shape index (κ1) is 12.4. The van der Waals surface area contributed by atoms with Crippen LogP contribution >= 0.6 is 0 Å². The molecular weight excluding hydrogens is 224 g/mol. The molecule has 2 nitrogen and oxygen atoms in total. The van der Waals surface area contributed by atoms with Crippen molar-refractivity contribution in [3.63, 3.8) is 0 Å². The molecule has 0 fully saturated rings. The summed E-state index contributed by atoms with van der Waals surface area (Å²) in [6, 6.07) is 10.5. The summed E-state index contributed by atoms with van der Waals surface area (Å²) in [5.74, 6) is 0.0733. The molecule has 0 heterocycles. The highest BCUT2D eigenvalue weighted by atomic mass is 16.3. The van der Waals surface area contributed by atoms with Gasteiger partial charge in [0.25, 0.3) is 0 Å². The summed E-state index contributed by atoms with van der Waals surface area (Å²) in [5.41, 5.74) is 4.34. The first-order chi connectivity index (χ1) is 8.49. The average molecular weight is 240 g/mol. The van der Waals surface area contributed by atoms with E-state index >= 15 is 0 Å². The normalized spacial score (nSPS) is 10.4. The number of aromatic hydroxyl groups is 1. The molecule has 0 bridgehead atoms. The minimum Gasteiger partial charge on any atom is -0.508 e. The zero-order valence-electron chi connectivity index (χ0n) is 10.8. The molecule has 18 heavy (non-hydrogen) atoms. The molecule has 2 aromatic rings. The Morgan fingerprint density at radius 1 is 1.00 bits per heavy atom. The Morgan fingerprint density at radius 2 is 1.61 bits per heavy atom. The zero-order chi connectivity index (χ0) is 13.3. The number of hydrogen-bond donors (Lipinski definition) is 1. The van der Waals surface area contributed by atoms with Gasteiger partial charge in [0.15, 0.2) is 5.78 Å². The van der Waals surface area contributed by atoms with E-state index < -0.39 is 0 Å². The minimum atomic E-state index is -0.0408. The second-order valence-electron chi connectivity index (χ2n) is 4.65. The van der Waals surface area contributed by atoms with Crippen LogP contribution in [-0.4, -0.2) is 10.9 Å². The summed E-state index contributed by atoms with van der Waals surface area (Å²) in [6.45, 7) is 5.90. The highest BCUT2D eigenvalue weighted by Crippen LogP contribution is 2.21. The fourth-order valence-corrected chi connectivity index (χ4v) is 2.33. The van der Waals surface area contributed by atoms with Crippen molar-refractivity contribution in [2.45, 2.75) is 20.8 Å². The van der Waals surface area contributed by atoms with Crippen molar-refractivity contribution < 1.29 is 9.90 Å². The smallest absolute Gasteiger partial charge is 0.193 e. The van der Waals surface area contributed by atoms with E-state index in [4.69, 9.17) is 0 Å². The molecule has 2 rings (SSSR count). The minimum absolute atomic E-state index is 0.0408. The summed E-state index contributed by atoms with van der Waals surface area (Å²) in [4.78, 5) is 12.4. The molecule has 0 saturated heterocycles. The lowest BCUT2D eigenvalue weighted by Crippen LogP contribution is -2.06. The van der Waals surface area contributed by atoms with Crippen LogP contribution in [0.4, 0.5) is 0 Å². The van der Waals surface area contributed by atoms with Crippen LogP contribution in [0, 0.1) is 20.8 Å². The van der Waals surface area contributed by atoms with Gasteiger partial charge < -0.3 is 5.11 Å². The van der Waals surface area contributed by atoms with Gasteiger partial charge in [-0.15, -0.1) is 0 Å². The van der Waals surface area contributed by atoms with Crippen molar-refractivity contribution in [3.8, 4) is 5.75 Å². The number of ketones is 1. The number of carbonyl (C=O) groups is 1. The third-order valence-electron chi connectivity index (χ3n) is 3.01. The van der Waals surface area contributed by atoms with E-state index in [0.717, 1.165) is 22.3 Å². The van der Waals surface area contributed by atoms with E-state index in [0.29, 0.717) is 5.56 Å². The van der Waals surface area contributed by atoms with Crippen molar-refractivity contribution in [1.82, 2.24) is 0 Å². The summed E-state index contributed by atoms with van der Waals surface area (Å²) in [6.07, 6.45) is 0. The molecule has 0 aliphatic rings. The molecule has 0 radical (unpaired) electrons. The van der Waals surface area contributed by atoms with Gasteiger partial charge in [0, 0.05) is 11.1 Å². The van der Waals surface area contributed by atoms with Gasteiger partial charge in [-0.05, 0) is 44.0 Å². The third-order valence-corrected chi connectivity index (χ3v) is 3.01. The number of benzene rings is 2. The molecule has 0 unspecified atom stereocenters. The van der Waals surface area contributed by atoms with Gasteiger partial charge in [-0.1, -0.05) is 29.8 Å². The zero-order valence-corrected chi connectivity index (χ0v) is 10.8. The Kier molecular flexibility index (Phi) is 3.19. The summed E-state index contributed by atoms with van der Waals surface area (Å²) < 4.78 is 0. The van der Waals surface area contributed by atoms with Gasteiger partial charge >= 0.3 is 0 Å². The van der Waals surface area contributed by atoms with Gasteiger partial charge in [-0.25, -0.2) is 0 Å². The fourth-order valence-electron chi connectivity index (χ4n) is 2.33. The Morgan fingerprint density at radius 3 is 2.17 bits per heavy atom. The van der Waals surface area contributed by atoms with Crippen LogP contribution < -0.4 is 0 Å². The van der Waals surface area contributed by atoms with E-state index in [9.17, 15) is 9.90 Å². The molecule has 0 aliphatic heterocycles. The second-order valence-corrected chi connectivity index (χ2v) is 4.65. The standard InChI is InChI=1S/C16H16O2/c1-10-7-11(2)15(12(3)8-10)16(18)13-5-4-6-14(17)9-13/h4-9,17H,1-3H3. The van der Waals surface area contributed by atoms with E-state index in [1.54, 1.807) is 18.2 Å². The monoisotopic (exact) mass is 240 g/mol. The molecule has 0 amide bonds. The van der Waals surface area contributed by atoms with E-state index in [1.165, 1.54) is 6.07 Å². The topological polar surface area (TPSA) is 37.3 Å². The Labute approximate surface area is 107 Å². The number of rotatable bonds is 2. The lowest BCUT2D eigenvalue weighted by molar-refractivity contribution is 0.103. The molecule has 0 atom stereocenters. The molecule has 0 aliphatic carbocycles. The summed E-state index contributed by atoms with van der Waals surface area (Å²) >= 11 is 0. The van der Waals surface area contributed by atoms with Crippen LogP contribution in [0.5, 0.6) is 5.75 Å². The number of carbonyl (C=O) groups excluding carboxylic acids is 1. The van der Waals surface area contributed by atoms with Crippen LogP contribution in [0.25, 0.3) is 0 Å². The van der Waals surface area contributed by atoms with E-state index in [-0.39, 0.29) is 11.5 Å². The van der Waals surface area contributed by atoms with Crippen LogP contribution in [0.2, 0.25) is 0 Å². The summed E-state index contributed by atoms with van der Waals surface area (Å²) in [5, 5.41) is 9.44. The van der Waals surface area contributed by atoms with Crippen LogP contribution in [0.1, 0.15) is 32.6 Å². The maximum atomic E-state index is 12.4. The molecule has 0 saturated carbocycles. The molecule has 1 N–H and O–H groups in total. The predicted molar refractivity (Wildman–Crippen MR) is 72.2 cm³/mol. The predicted octanol–water partition coefficient (Wildman–Crippen LogP) is 3.55. The average Bonchev–Trinajstić information content (AvgIpc) is 2.27. The fraction of sp³-hybridized carbons (Fsp3) is 0.188. The SMILES string of the molecule is Cc1cc(C)c(C(=O)c2cccc(O)c2)c(C)c1. The van der Waals surface area contributed by atoms with Gasteiger partial charge in [0.1, 0.15) is 5.75 Å². The van der Waals surface area contributed by atoms with Crippen molar-refractivity contribution >= 4 is 5.78 Å².